The van der Waals surface area contributed by atoms with Gasteiger partial charge in [0.15, 0.2) is 16.7 Å². The van der Waals surface area contributed by atoms with Gasteiger partial charge in [-0.1, -0.05) is 55.1 Å². The quantitative estimate of drug-likeness (QED) is 0.321. The van der Waals surface area contributed by atoms with Crippen LogP contribution in [0.3, 0.4) is 0 Å². The van der Waals surface area contributed by atoms with Gasteiger partial charge in [0.05, 0.1) is 19.5 Å². The molecule has 3 aromatic rings. The van der Waals surface area contributed by atoms with Gasteiger partial charge in [-0.2, -0.15) is 0 Å². The van der Waals surface area contributed by atoms with Crippen LogP contribution in [0.5, 0.6) is 11.5 Å². The predicted molar refractivity (Wildman–Crippen MR) is 140 cm³/mol. The lowest BCUT2D eigenvalue weighted by Gasteiger charge is -2.17. The first kappa shape index (κ1) is 26.3. The summed E-state index contributed by atoms with van der Waals surface area (Å²) in [7, 11) is 4.92. The number of rotatable bonds is 11. The summed E-state index contributed by atoms with van der Waals surface area (Å²) in [5.41, 5.74) is 3.40. The van der Waals surface area contributed by atoms with E-state index in [0.717, 1.165) is 11.1 Å². The Bertz CT molecular complexity index is 1210. The molecule has 0 radical (unpaired) electrons. The van der Waals surface area contributed by atoms with Gasteiger partial charge in [0.1, 0.15) is 0 Å². The Morgan fingerprint density at radius 2 is 1.80 bits per heavy atom. The van der Waals surface area contributed by atoms with Crippen LogP contribution in [0.4, 0.5) is 0 Å². The average Bonchev–Trinajstić information content (AvgIpc) is 2.88. The standard InChI is InChI=1S/C27H33N3O4S/c1-6-24(25(31)28-15-14-20-12-13-22(33-4)23(17-20)34-5)35-27-29-18(2)21(26(32)30(27)3)16-19-10-8-7-9-11-19/h7-13,17,24H,6,14-16H2,1-5H3,(H,28,31). The van der Waals surface area contributed by atoms with E-state index in [-0.39, 0.29) is 16.7 Å². The number of methoxy groups -OCH3 is 2. The highest BCUT2D eigenvalue weighted by Gasteiger charge is 2.21. The van der Waals surface area contributed by atoms with E-state index in [1.165, 1.54) is 11.8 Å². The van der Waals surface area contributed by atoms with Crippen LogP contribution in [0.2, 0.25) is 0 Å². The van der Waals surface area contributed by atoms with Gasteiger partial charge in [-0.05, 0) is 43.0 Å². The molecule has 1 aromatic heterocycles. The summed E-state index contributed by atoms with van der Waals surface area (Å²) in [6.45, 7) is 4.31. The monoisotopic (exact) mass is 495 g/mol. The fourth-order valence-corrected chi connectivity index (χ4v) is 4.81. The first-order chi connectivity index (χ1) is 16.9. The fraction of sp³-hybridized carbons (Fsp3) is 0.370. The Morgan fingerprint density at radius 3 is 2.46 bits per heavy atom. The zero-order chi connectivity index (χ0) is 25.4. The predicted octanol–water partition coefficient (Wildman–Crippen LogP) is 3.93. The highest BCUT2D eigenvalue weighted by molar-refractivity contribution is 8.00. The van der Waals surface area contributed by atoms with Gasteiger partial charge in [0.2, 0.25) is 5.91 Å². The molecule has 1 unspecified atom stereocenters. The smallest absolute Gasteiger partial charge is 0.257 e. The summed E-state index contributed by atoms with van der Waals surface area (Å²) in [6.07, 6.45) is 1.82. The normalized spacial score (nSPS) is 11.7. The molecular weight excluding hydrogens is 462 g/mol. The maximum atomic E-state index is 13.1. The summed E-state index contributed by atoms with van der Waals surface area (Å²) >= 11 is 1.33. The van der Waals surface area contributed by atoms with Gasteiger partial charge < -0.3 is 14.8 Å². The van der Waals surface area contributed by atoms with Crippen molar-refractivity contribution in [3.63, 3.8) is 0 Å². The van der Waals surface area contributed by atoms with Crippen molar-refractivity contribution in [3.8, 4) is 11.5 Å². The summed E-state index contributed by atoms with van der Waals surface area (Å²) in [4.78, 5) is 30.6. The SMILES string of the molecule is CCC(Sc1nc(C)c(Cc2ccccc2)c(=O)n1C)C(=O)NCCc1ccc(OC)c(OC)c1. The van der Waals surface area contributed by atoms with Gasteiger partial charge in [0, 0.05) is 31.3 Å². The Kier molecular flexibility index (Phi) is 9.37. The fourth-order valence-electron chi connectivity index (χ4n) is 3.77. The van der Waals surface area contributed by atoms with Crippen molar-refractivity contribution in [2.45, 2.75) is 43.5 Å². The minimum absolute atomic E-state index is 0.0711. The first-order valence-corrected chi connectivity index (χ1v) is 12.5. The number of carbonyl (C=O) groups excluding carboxylic acids is 1. The molecule has 8 heteroatoms. The number of amides is 1. The van der Waals surface area contributed by atoms with Crippen LogP contribution in [0.15, 0.2) is 58.5 Å². The zero-order valence-corrected chi connectivity index (χ0v) is 21.8. The topological polar surface area (TPSA) is 82.5 Å². The number of hydrogen-bond donors (Lipinski definition) is 1. The second-order valence-corrected chi connectivity index (χ2v) is 9.40. The number of hydrogen-bond acceptors (Lipinski definition) is 6. The first-order valence-electron chi connectivity index (χ1n) is 11.6. The molecule has 0 saturated heterocycles. The Hall–Kier alpha value is -3.26. The van der Waals surface area contributed by atoms with Crippen LogP contribution in [0.1, 0.15) is 35.7 Å². The molecule has 1 amide bonds. The Labute approximate surface area is 210 Å². The second kappa shape index (κ2) is 12.4. The van der Waals surface area contributed by atoms with Crippen molar-refractivity contribution in [2.24, 2.45) is 7.05 Å². The van der Waals surface area contributed by atoms with Crippen LogP contribution in [0.25, 0.3) is 0 Å². The lowest BCUT2D eigenvalue weighted by Crippen LogP contribution is -2.34. The summed E-state index contributed by atoms with van der Waals surface area (Å²) in [6, 6.07) is 15.6. The largest absolute Gasteiger partial charge is 0.493 e. The van der Waals surface area contributed by atoms with Crippen molar-refractivity contribution in [2.75, 3.05) is 20.8 Å². The van der Waals surface area contributed by atoms with Gasteiger partial charge >= 0.3 is 0 Å². The molecule has 1 N–H and O–H groups in total. The minimum Gasteiger partial charge on any atom is -0.493 e. The van der Waals surface area contributed by atoms with Gasteiger partial charge in [-0.25, -0.2) is 4.98 Å². The molecule has 3 rings (SSSR count). The Morgan fingerprint density at radius 1 is 1.09 bits per heavy atom. The number of carbonyl (C=O) groups is 1. The van der Waals surface area contributed by atoms with Crippen molar-refractivity contribution in [3.05, 3.63) is 81.3 Å². The number of aryl methyl sites for hydroxylation is 1. The number of ether oxygens (including phenoxy) is 2. The molecule has 0 fully saturated rings. The van der Waals surface area contributed by atoms with Gasteiger partial charge in [-0.3, -0.25) is 14.2 Å². The van der Waals surface area contributed by atoms with E-state index >= 15 is 0 Å². The molecule has 7 nitrogen and oxygen atoms in total. The van der Waals surface area contributed by atoms with E-state index in [9.17, 15) is 9.59 Å². The van der Waals surface area contributed by atoms with E-state index in [0.29, 0.717) is 53.7 Å². The maximum Gasteiger partial charge on any atom is 0.257 e. The highest BCUT2D eigenvalue weighted by Crippen LogP contribution is 2.28. The van der Waals surface area contributed by atoms with Crippen molar-refractivity contribution in [1.82, 2.24) is 14.9 Å². The summed E-state index contributed by atoms with van der Waals surface area (Å²) in [5, 5.41) is 3.21. The molecular formula is C27H33N3O4S. The van der Waals surface area contributed by atoms with E-state index in [2.05, 4.69) is 10.3 Å². The summed E-state index contributed by atoms with van der Waals surface area (Å²) < 4.78 is 12.2. The molecule has 1 atom stereocenters. The molecule has 1 heterocycles. The molecule has 0 spiro atoms. The number of nitrogens with one attached hydrogen (secondary N) is 1. The molecule has 2 aromatic carbocycles. The van der Waals surface area contributed by atoms with E-state index in [4.69, 9.17) is 9.47 Å². The Balaban J connectivity index is 1.65. The molecule has 0 bridgehead atoms. The molecule has 0 aliphatic rings. The molecule has 0 aliphatic carbocycles. The number of nitrogens with zero attached hydrogens (tertiary/aromatic N) is 2. The summed E-state index contributed by atoms with van der Waals surface area (Å²) in [5.74, 6) is 1.26. The number of thioether (sulfide) groups is 1. The van der Waals surface area contributed by atoms with Crippen LogP contribution < -0.4 is 20.3 Å². The van der Waals surface area contributed by atoms with Gasteiger partial charge in [-0.15, -0.1) is 0 Å². The third kappa shape index (κ3) is 6.66. The molecule has 35 heavy (non-hydrogen) atoms. The third-order valence-corrected chi connectivity index (χ3v) is 7.25. The third-order valence-electron chi connectivity index (χ3n) is 5.85. The van der Waals surface area contributed by atoms with E-state index in [1.54, 1.807) is 25.8 Å². The minimum atomic E-state index is -0.349. The lowest BCUT2D eigenvalue weighted by atomic mass is 10.1. The van der Waals surface area contributed by atoms with Crippen LogP contribution in [-0.4, -0.2) is 41.5 Å². The van der Waals surface area contributed by atoms with Crippen LogP contribution >= 0.6 is 11.8 Å². The number of aromatic nitrogens is 2. The van der Waals surface area contributed by atoms with Crippen LogP contribution in [-0.2, 0) is 24.7 Å². The molecule has 186 valence electrons. The molecule has 0 saturated carbocycles. The average molecular weight is 496 g/mol. The van der Waals surface area contributed by atoms with Crippen molar-refractivity contribution >= 4 is 17.7 Å². The number of benzene rings is 2. The van der Waals surface area contributed by atoms with Crippen molar-refractivity contribution < 1.29 is 14.3 Å². The van der Waals surface area contributed by atoms with E-state index in [1.807, 2.05) is 62.4 Å². The van der Waals surface area contributed by atoms with E-state index < -0.39 is 0 Å². The lowest BCUT2D eigenvalue weighted by molar-refractivity contribution is -0.120. The van der Waals surface area contributed by atoms with Crippen molar-refractivity contribution in [1.29, 1.82) is 0 Å². The van der Waals surface area contributed by atoms with Gasteiger partial charge in [0.25, 0.3) is 5.56 Å². The van der Waals surface area contributed by atoms with Crippen LogP contribution in [0, 0.1) is 6.92 Å². The second-order valence-electron chi connectivity index (χ2n) is 8.23. The zero-order valence-electron chi connectivity index (χ0n) is 21.0. The molecule has 0 aliphatic heterocycles. The highest BCUT2D eigenvalue weighted by atomic mass is 32.2. The maximum absolute atomic E-state index is 13.1.